The second-order valence-electron chi connectivity index (χ2n) is 3.76. The SMILES string of the molecule is Cc1cc(=O)[nH]nc1-c1ccc(NCI=O)cc1. The van der Waals surface area contributed by atoms with Crippen LogP contribution in [0.2, 0.25) is 0 Å². The van der Waals surface area contributed by atoms with Crippen molar-refractivity contribution in [1.29, 1.82) is 0 Å². The third kappa shape index (κ3) is 3.00. The minimum atomic E-state index is -0.993. The minimum absolute atomic E-state index is 0.200. The molecule has 0 bridgehead atoms. The van der Waals surface area contributed by atoms with Gasteiger partial charge in [-0.05, 0) is 24.6 Å². The fourth-order valence-corrected chi connectivity index (χ4v) is 2.24. The van der Waals surface area contributed by atoms with Crippen LogP contribution in [0, 0.1) is 6.92 Å². The maximum Gasteiger partial charge on any atom is 0.264 e. The topological polar surface area (TPSA) is 74.8 Å². The van der Waals surface area contributed by atoms with E-state index in [4.69, 9.17) is 0 Å². The molecule has 0 fully saturated rings. The first-order chi connectivity index (χ1) is 8.70. The summed E-state index contributed by atoms with van der Waals surface area (Å²) in [4.78, 5) is 11.1. The summed E-state index contributed by atoms with van der Waals surface area (Å²) in [6.07, 6.45) is 0. The van der Waals surface area contributed by atoms with Crippen molar-refractivity contribution in [2.75, 3.05) is 9.87 Å². The number of hydrogen-bond donors (Lipinski definition) is 2. The average molecular weight is 357 g/mol. The molecule has 18 heavy (non-hydrogen) atoms. The summed E-state index contributed by atoms with van der Waals surface area (Å²) in [5, 5.41) is 9.52. The Hall–Kier alpha value is -1.57. The zero-order chi connectivity index (χ0) is 13.0. The largest absolute Gasteiger partial charge is 0.374 e. The van der Waals surface area contributed by atoms with Gasteiger partial charge in [0.1, 0.15) is 0 Å². The smallest absolute Gasteiger partial charge is 0.264 e. The van der Waals surface area contributed by atoms with Crippen LogP contribution in [0.3, 0.4) is 0 Å². The molecule has 1 heterocycles. The van der Waals surface area contributed by atoms with Gasteiger partial charge in [0.2, 0.25) is 0 Å². The molecule has 5 nitrogen and oxygen atoms in total. The van der Waals surface area contributed by atoms with Gasteiger partial charge in [-0.2, -0.15) is 5.10 Å². The number of halogens is 1. The molecule has 0 unspecified atom stereocenters. The summed E-state index contributed by atoms with van der Waals surface area (Å²) < 4.78 is 11.0. The molecule has 0 saturated carbocycles. The zero-order valence-corrected chi connectivity index (χ0v) is 11.9. The Kier molecular flexibility index (Phi) is 4.19. The normalized spacial score (nSPS) is 10.3. The van der Waals surface area contributed by atoms with E-state index in [0.29, 0.717) is 4.55 Å². The van der Waals surface area contributed by atoms with Crippen LogP contribution in [0.25, 0.3) is 11.3 Å². The Morgan fingerprint density at radius 2 is 2.06 bits per heavy atom. The standard InChI is InChI=1S/C12H12IN3O2/c1-8-6-11(17)15-16-12(8)9-2-4-10(5-3-9)14-7-13-18/h2-6,14H,7H2,1H3,(H,15,17). The number of H-pyrrole nitrogens is 1. The van der Waals surface area contributed by atoms with Crippen LogP contribution >= 0.6 is 21.2 Å². The molecule has 1 aromatic carbocycles. The maximum atomic E-state index is 11.1. The average Bonchev–Trinajstić information content (AvgIpc) is 2.37. The van der Waals surface area contributed by atoms with E-state index in [1.54, 1.807) is 0 Å². The van der Waals surface area contributed by atoms with E-state index >= 15 is 0 Å². The van der Waals surface area contributed by atoms with Crippen LogP contribution < -0.4 is 10.9 Å². The number of nitrogens with one attached hydrogen (secondary N) is 2. The molecule has 0 aliphatic rings. The number of aryl methyl sites for hydroxylation is 1. The molecule has 6 heteroatoms. The summed E-state index contributed by atoms with van der Waals surface area (Å²) in [7, 11) is 0. The van der Waals surface area contributed by atoms with Crippen molar-refractivity contribution in [3.63, 3.8) is 0 Å². The first kappa shape index (κ1) is 12.9. The molecule has 94 valence electrons. The Morgan fingerprint density at radius 1 is 1.33 bits per heavy atom. The van der Waals surface area contributed by atoms with Crippen molar-refractivity contribution in [1.82, 2.24) is 10.2 Å². The molecule has 2 aromatic rings. The number of benzene rings is 1. The first-order valence-corrected chi connectivity index (χ1v) is 7.73. The monoisotopic (exact) mass is 357 g/mol. The van der Waals surface area contributed by atoms with Crippen LogP contribution in [0.15, 0.2) is 35.1 Å². The lowest BCUT2D eigenvalue weighted by Crippen LogP contribution is -2.08. The summed E-state index contributed by atoms with van der Waals surface area (Å²) in [5.74, 6) is 0. The fraction of sp³-hybridized carbons (Fsp3) is 0.167. The van der Waals surface area contributed by atoms with Crippen molar-refractivity contribution in [2.24, 2.45) is 0 Å². The molecule has 0 spiro atoms. The van der Waals surface area contributed by atoms with Crippen molar-refractivity contribution in [3.8, 4) is 11.3 Å². The Balaban J connectivity index is 2.28. The third-order valence-corrected chi connectivity index (χ3v) is 3.18. The van der Waals surface area contributed by atoms with Gasteiger partial charge >= 0.3 is 0 Å². The lowest BCUT2D eigenvalue weighted by molar-refractivity contribution is 0.647. The highest BCUT2D eigenvalue weighted by Gasteiger charge is 2.04. The number of alkyl halides is 1. The van der Waals surface area contributed by atoms with Gasteiger partial charge in [-0.3, -0.25) is 7.86 Å². The van der Waals surface area contributed by atoms with Crippen LogP contribution in [-0.2, 0) is 3.07 Å². The van der Waals surface area contributed by atoms with E-state index in [9.17, 15) is 7.86 Å². The van der Waals surface area contributed by atoms with E-state index in [1.165, 1.54) is 6.07 Å². The maximum absolute atomic E-state index is 11.1. The summed E-state index contributed by atoms with van der Waals surface area (Å²) >= 11 is -0.993. The number of rotatable bonds is 4. The van der Waals surface area contributed by atoms with Gasteiger partial charge in [0.25, 0.3) is 5.56 Å². The Labute approximate surface area is 114 Å². The molecule has 0 aliphatic heterocycles. The molecule has 1 aromatic heterocycles. The lowest BCUT2D eigenvalue weighted by Gasteiger charge is -2.06. The Morgan fingerprint density at radius 3 is 2.67 bits per heavy atom. The zero-order valence-electron chi connectivity index (χ0n) is 9.74. The number of anilines is 1. The Bertz CT molecular complexity index is 607. The highest BCUT2D eigenvalue weighted by atomic mass is 127. The highest BCUT2D eigenvalue weighted by Crippen LogP contribution is 2.21. The van der Waals surface area contributed by atoms with E-state index in [1.807, 2.05) is 31.2 Å². The third-order valence-electron chi connectivity index (χ3n) is 2.48. The first-order valence-electron chi connectivity index (χ1n) is 5.33. The summed E-state index contributed by atoms with van der Waals surface area (Å²) in [6.45, 7) is 1.85. The van der Waals surface area contributed by atoms with Gasteiger partial charge in [0, 0.05) is 17.3 Å². The van der Waals surface area contributed by atoms with Crippen molar-refractivity contribution >= 4 is 26.9 Å². The second kappa shape index (κ2) is 5.85. The van der Waals surface area contributed by atoms with Crippen molar-refractivity contribution < 1.29 is 3.07 Å². The van der Waals surface area contributed by atoms with E-state index in [0.717, 1.165) is 22.5 Å². The highest BCUT2D eigenvalue weighted by molar-refractivity contribution is 14.1. The van der Waals surface area contributed by atoms with Crippen LogP contribution in [0.4, 0.5) is 5.69 Å². The minimum Gasteiger partial charge on any atom is -0.374 e. The molecular weight excluding hydrogens is 345 g/mol. The number of aromatic amines is 1. The van der Waals surface area contributed by atoms with Crippen LogP contribution in [-0.4, -0.2) is 14.7 Å². The van der Waals surface area contributed by atoms with Crippen LogP contribution in [0.5, 0.6) is 0 Å². The quantitative estimate of drug-likeness (QED) is 0.501. The van der Waals surface area contributed by atoms with E-state index in [-0.39, 0.29) is 5.56 Å². The van der Waals surface area contributed by atoms with Gasteiger partial charge < -0.3 is 5.32 Å². The predicted molar refractivity (Wildman–Crippen MR) is 78.2 cm³/mol. The predicted octanol–water partition coefficient (Wildman–Crippen LogP) is 2.43. The number of nitrogens with zero attached hydrogens (tertiary/aromatic N) is 1. The van der Waals surface area contributed by atoms with Crippen molar-refractivity contribution in [2.45, 2.75) is 6.92 Å². The van der Waals surface area contributed by atoms with E-state index < -0.39 is 21.2 Å². The summed E-state index contributed by atoms with van der Waals surface area (Å²) in [6, 6.07) is 9.16. The molecule has 0 saturated heterocycles. The van der Waals surface area contributed by atoms with Gasteiger partial charge in [0.15, 0.2) is 21.2 Å². The van der Waals surface area contributed by atoms with Crippen molar-refractivity contribution in [3.05, 3.63) is 46.2 Å². The fourth-order valence-electron chi connectivity index (χ4n) is 1.64. The van der Waals surface area contributed by atoms with Gasteiger partial charge in [-0.25, -0.2) is 5.10 Å². The molecule has 0 amide bonds. The second-order valence-corrected chi connectivity index (χ2v) is 5.15. The molecular formula is C12H12IN3O2. The molecule has 2 N–H and O–H groups in total. The lowest BCUT2D eigenvalue weighted by atomic mass is 10.1. The van der Waals surface area contributed by atoms with Gasteiger partial charge in [0.05, 0.1) is 10.2 Å². The number of hydrogen-bond acceptors (Lipinski definition) is 4. The molecule has 2 rings (SSSR count). The van der Waals surface area contributed by atoms with E-state index in [2.05, 4.69) is 15.5 Å². The summed E-state index contributed by atoms with van der Waals surface area (Å²) in [5.41, 5.74) is 3.26. The van der Waals surface area contributed by atoms with Gasteiger partial charge in [-0.15, -0.1) is 0 Å². The molecule has 0 aliphatic carbocycles. The number of aromatic nitrogens is 2. The van der Waals surface area contributed by atoms with Gasteiger partial charge in [-0.1, -0.05) is 12.1 Å². The molecule has 0 radical (unpaired) electrons. The molecule has 0 atom stereocenters. The van der Waals surface area contributed by atoms with Crippen LogP contribution in [0.1, 0.15) is 5.56 Å².